The van der Waals surface area contributed by atoms with Gasteiger partial charge in [0.15, 0.2) is 0 Å². The number of hydrogen-bond acceptors (Lipinski definition) is 5. The molecule has 0 radical (unpaired) electrons. The van der Waals surface area contributed by atoms with Gasteiger partial charge in [0, 0.05) is 44.0 Å². The fourth-order valence-corrected chi connectivity index (χ4v) is 4.64. The average molecular weight is 539 g/mol. The summed E-state index contributed by atoms with van der Waals surface area (Å²) in [5, 5.41) is 16.2. The molecule has 3 rings (SSSR count). The maximum Gasteiger partial charge on any atom is 0.291 e. The van der Waals surface area contributed by atoms with Crippen LogP contribution in [0.5, 0.6) is 0 Å². The minimum absolute atomic E-state index is 0.0166. The zero-order valence-corrected chi connectivity index (χ0v) is 20.4. The highest BCUT2D eigenvalue weighted by atomic mass is 35.5. The van der Waals surface area contributed by atoms with Gasteiger partial charge in [-0.2, -0.15) is 11.8 Å². The van der Waals surface area contributed by atoms with E-state index < -0.39 is 5.09 Å². The van der Waals surface area contributed by atoms with Gasteiger partial charge >= 0.3 is 0 Å². The summed E-state index contributed by atoms with van der Waals surface area (Å²) in [6, 6.07) is 11.0. The lowest BCUT2D eigenvalue weighted by Crippen LogP contribution is -2.22. The molecule has 0 aliphatic rings. The van der Waals surface area contributed by atoms with E-state index >= 15 is 0 Å². The Bertz CT molecular complexity index is 1000. The van der Waals surface area contributed by atoms with E-state index in [1.807, 2.05) is 35.0 Å². The summed E-state index contributed by atoms with van der Waals surface area (Å²) in [5.74, 6) is 1.57. The Morgan fingerprint density at radius 2 is 1.69 bits per heavy atom. The molecule has 1 atom stereocenters. The number of aromatic nitrogens is 2. The molecule has 1 heterocycles. The predicted octanol–water partition coefficient (Wildman–Crippen LogP) is 6.67. The van der Waals surface area contributed by atoms with Gasteiger partial charge in [0.1, 0.15) is 0 Å². The third-order valence-corrected chi connectivity index (χ3v) is 6.34. The van der Waals surface area contributed by atoms with Crippen LogP contribution >= 0.6 is 58.2 Å². The monoisotopic (exact) mass is 537 g/mol. The fraction of sp³-hybridized carbons (Fsp3) is 0.250. The first-order chi connectivity index (χ1) is 15.2. The van der Waals surface area contributed by atoms with E-state index in [0.29, 0.717) is 33.2 Å². The fourth-order valence-electron chi connectivity index (χ4n) is 2.57. The highest BCUT2D eigenvalue weighted by Crippen LogP contribution is 2.26. The molecule has 172 valence electrons. The number of hydrogen-bond donors (Lipinski definition) is 1. The number of nitrogens with zero attached hydrogens (tertiary/aromatic N) is 3. The van der Waals surface area contributed by atoms with Crippen molar-refractivity contribution in [2.45, 2.75) is 25.0 Å². The lowest BCUT2D eigenvalue weighted by atomic mass is 10.2. The van der Waals surface area contributed by atoms with Gasteiger partial charge in [-0.1, -0.05) is 58.5 Å². The van der Waals surface area contributed by atoms with E-state index in [-0.39, 0.29) is 6.10 Å². The topological polar surface area (TPSA) is 90.4 Å². The molecule has 3 aromatic rings. The quantitative estimate of drug-likeness (QED) is 0.242. The van der Waals surface area contributed by atoms with E-state index in [1.165, 1.54) is 0 Å². The Morgan fingerprint density at radius 1 is 1.09 bits per heavy atom. The van der Waals surface area contributed by atoms with Crippen LogP contribution in [-0.4, -0.2) is 31.7 Å². The summed E-state index contributed by atoms with van der Waals surface area (Å²) in [6.45, 7) is 1.12. The van der Waals surface area contributed by atoms with Crippen molar-refractivity contribution in [1.82, 2.24) is 9.55 Å². The first kappa shape index (κ1) is 26.6. The molecular formula is C20H19Cl4N3O4S. The summed E-state index contributed by atoms with van der Waals surface area (Å²) in [7, 11) is 0. The average Bonchev–Trinajstić information content (AvgIpc) is 3.21. The minimum atomic E-state index is -1.50. The molecule has 0 aliphatic heterocycles. The first-order valence-corrected chi connectivity index (χ1v) is 11.8. The molecule has 2 aromatic carbocycles. The summed E-state index contributed by atoms with van der Waals surface area (Å²) < 4.78 is 8.16. The molecule has 0 saturated heterocycles. The molecular weight excluding hydrogens is 520 g/mol. The lowest BCUT2D eigenvalue weighted by Gasteiger charge is -2.19. The van der Waals surface area contributed by atoms with Crippen LogP contribution in [0.2, 0.25) is 20.1 Å². The first-order valence-electron chi connectivity index (χ1n) is 9.10. The van der Waals surface area contributed by atoms with Crippen LogP contribution in [-0.2, 0) is 23.6 Å². The van der Waals surface area contributed by atoms with E-state index in [9.17, 15) is 0 Å². The van der Waals surface area contributed by atoms with Gasteiger partial charge in [-0.25, -0.2) is 4.98 Å². The van der Waals surface area contributed by atoms with Gasteiger partial charge in [-0.15, -0.1) is 10.1 Å². The van der Waals surface area contributed by atoms with E-state index in [2.05, 4.69) is 4.98 Å². The molecule has 0 bridgehead atoms. The van der Waals surface area contributed by atoms with Gasteiger partial charge in [0.25, 0.3) is 5.09 Å². The van der Waals surface area contributed by atoms with Crippen LogP contribution < -0.4 is 0 Å². The maximum atomic E-state index is 8.36. The Morgan fingerprint density at radius 3 is 2.22 bits per heavy atom. The van der Waals surface area contributed by atoms with Crippen LogP contribution in [0.15, 0.2) is 55.1 Å². The molecule has 0 aliphatic carbocycles. The van der Waals surface area contributed by atoms with Crippen molar-refractivity contribution >= 4 is 58.2 Å². The largest absolute Gasteiger partial charge is 0.371 e. The van der Waals surface area contributed by atoms with Gasteiger partial charge in [-0.05, 0) is 35.4 Å². The van der Waals surface area contributed by atoms with Crippen LogP contribution in [0.1, 0.15) is 11.1 Å². The Hall–Kier alpha value is -1.68. The second-order valence-electron chi connectivity index (χ2n) is 6.42. The molecule has 0 saturated carbocycles. The Balaban J connectivity index is 0.000000837. The molecule has 1 unspecified atom stereocenters. The Labute approximate surface area is 209 Å². The zero-order chi connectivity index (χ0) is 23.5. The second kappa shape index (κ2) is 13.8. The number of rotatable bonds is 9. The predicted molar refractivity (Wildman–Crippen MR) is 129 cm³/mol. The third-order valence-electron chi connectivity index (χ3n) is 4.04. The molecule has 1 N–H and O–H groups in total. The lowest BCUT2D eigenvalue weighted by molar-refractivity contribution is -0.742. The van der Waals surface area contributed by atoms with E-state index in [4.69, 9.17) is 66.5 Å². The SMILES string of the molecule is Clc1ccc(COC(CSCc2ccc(Cl)cc2Cl)Cn2ccnc2)c(Cl)c1.O=[N+]([O-])O. The molecule has 0 spiro atoms. The van der Waals surface area contributed by atoms with Crippen molar-refractivity contribution in [2.75, 3.05) is 5.75 Å². The Kier molecular flexibility index (Phi) is 11.4. The zero-order valence-electron chi connectivity index (χ0n) is 16.5. The van der Waals surface area contributed by atoms with Gasteiger partial charge in [0.05, 0.1) is 25.6 Å². The third kappa shape index (κ3) is 9.85. The number of benzene rings is 2. The van der Waals surface area contributed by atoms with Crippen LogP contribution in [0.4, 0.5) is 0 Å². The second-order valence-corrected chi connectivity index (χ2v) is 9.13. The van der Waals surface area contributed by atoms with Gasteiger partial charge < -0.3 is 14.5 Å². The van der Waals surface area contributed by atoms with Gasteiger partial charge in [-0.3, -0.25) is 0 Å². The summed E-state index contributed by atoms with van der Waals surface area (Å²) in [4.78, 5) is 12.5. The highest BCUT2D eigenvalue weighted by Gasteiger charge is 2.13. The van der Waals surface area contributed by atoms with Crippen molar-refractivity contribution < 1.29 is 15.0 Å². The number of halogens is 4. The van der Waals surface area contributed by atoms with E-state index in [0.717, 1.165) is 22.6 Å². The van der Waals surface area contributed by atoms with Gasteiger partial charge in [0.2, 0.25) is 0 Å². The molecule has 0 amide bonds. The number of thioether (sulfide) groups is 1. The standard InChI is InChI=1S/C20H18Cl4N2OS.HNO3/c21-16-3-1-14(19(23)7-16)10-27-18(9-26-6-5-25-13-26)12-28-11-15-2-4-17(22)8-20(15)24;2-1(3)4/h1-8,13,18H,9-12H2;(H,2,3,4). The number of imidazole rings is 1. The molecule has 0 fully saturated rings. The van der Waals surface area contributed by atoms with Crippen LogP contribution in [0.3, 0.4) is 0 Å². The normalized spacial score (nSPS) is 11.5. The smallest absolute Gasteiger partial charge is 0.291 e. The molecule has 7 nitrogen and oxygen atoms in total. The maximum absolute atomic E-state index is 8.36. The number of ether oxygens (including phenoxy) is 1. The van der Waals surface area contributed by atoms with Crippen molar-refractivity contribution in [3.63, 3.8) is 0 Å². The van der Waals surface area contributed by atoms with Crippen molar-refractivity contribution in [1.29, 1.82) is 0 Å². The van der Waals surface area contributed by atoms with Crippen molar-refractivity contribution in [2.24, 2.45) is 0 Å². The minimum Gasteiger partial charge on any atom is -0.371 e. The summed E-state index contributed by atoms with van der Waals surface area (Å²) >= 11 is 26.2. The van der Waals surface area contributed by atoms with E-state index in [1.54, 1.807) is 36.4 Å². The summed E-state index contributed by atoms with van der Waals surface area (Å²) in [5.41, 5.74) is 1.96. The van der Waals surface area contributed by atoms with Crippen LogP contribution in [0, 0.1) is 10.1 Å². The summed E-state index contributed by atoms with van der Waals surface area (Å²) in [6.07, 6.45) is 5.45. The van der Waals surface area contributed by atoms with Crippen molar-refractivity contribution in [3.05, 3.63) is 96.5 Å². The van der Waals surface area contributed by atoms with Crippen molar-refractivity contribution in [3.8, 4) is 0 Å². The van der Waals surface area contributed by atoms with Crippen LogP contribution in [0.25, 0.3) is 0 Å². The highest BCUT2D eigenvalue weighted by molar-refractivity contribution is 7.98. The molecule has 12 heteroatoms. The molecule has 1 aromatic heterocycles. The molecule has 32 heavy (non-hydrogen) atoms.